The van der Waals surface area contributed by atoms with Crippen LogP contribution in [-0.2, 0) is 25.7 Å². The van der Waals surface area contributed by atoms with Gasteiger partial charge in [0.05, 0.1) is 13.2 Å². The Morgan fingerprint density at radius 2 is 1.82 bits per heavy atom. The summed E-state index contributed by atoms with van der Waals surface area (Å²) in [4.78, 5) is 24.9. The highest BCUT2D eigenvalue weighted by Gasteiger charge is 2.50. The summed E-state index contributed by atoms with van der Waals surface area (Å²) >= 11 is 0. The van der Waals surface area contributed by atoms with Crippen LogP contribution in [0.15, 0.2) is 66.7 Å². The minimum atomic E-state index is -0.946. The van der Waals surface area contributed by atoms with Crippen molar-refractivity contribution >= 4 is 17.5 Å². The predicted octanol–water partition coefficient (Wildman–Crippen LogP) is 3.94. The van der Waals surface area contributed by atoms with Gasteiger partial charge in [-0.05, 0) is 12.0 Å². The van der Waals surface area contributed by atoms with E-state index in [1.54, 1.807) is 24.3 Å². The molecule has 28 heavy (non-hydrogen) atoms. The molecule has 0 bridgehead atoms. The summed E-state index contributed by atoms with van der Waals surface area (Å²) in [5.41, 5.74) is 0.919. The lowest BCUT2D eigenvalue weighted by atomic mass is 9.74. The molecule has 2 atom stereocenters. The summed E-state index contributed by atoms with van der Waals surface area (Å²) in [6.07, 6.45) is 1.62. The minimum Gasteiger partial charge on any atom is -0.507 e. The molecule has 1 N–H and O–H groups in total. The standard InChI is InChI=1S/C23H24O5/c1-23(12-13-27-15-17-8-4-2-5-9-17)16-28-22(26)21(23)20(25)14-19(24)18-10-6-3-7-11-18/h2-11,14,21,24H,12-13,15-16H2,1H3/b19-14-/t21?,23-/m0/s1. The van der Waals surface area contributed by atoms with E-state index < -0.39 is 23.1 Å². The fraction of sp³-hybridized carbons (Fsp3) is 0.304. The first kappa shape index (κ1) is 19.8. The van der Waals surface area contributed by atoms with Crippen molar-refractivity contribution in [2.45, 2.75) is 20.0 Å². The van der Waals surface area contributed by atoms with Crippen LogP contribution >= 0.6 is 0 Å². The van der Waals surface area contributed by atoms with Crippen molar-refractivity contribution < 1.29 is 24.2 Å². The first-order chi connectivity index (χ1) is 13.5. The normalized spacial score (nSPS) is 22.1. The van der Waals surface area contributed by atoms with E-state index in [0.717, 1.165) is 11.6 Å². The summed E-state index contributed by atoms with van der Waals surface area (Å²) < 4.78 is 10.9. The Balaban J connectivity index is 1.63. The Morgan fingerprint density at radius 3 is 2.50 bits per heavy atom. The Kier molecular flexibility index (Phi) is 6.26. The van der Waals surface area contributed by atoms with Crippen molar-refractivity contribution in [1.29, 1.82) is 0 Å². The number of esters is 1. The molecule has 2 aromatic rings. The molecule has 0 amide bonds. The van der Waals surface area contributed by atoms with Gasteiger partial charge in [0.1, 0.15) is 11.7 Å². The SMILES string of the molecule is C[C@]1(CCOCc2ccccc2)COC(=O)C1C(=O)/C=C(\O)c1ccccc1. The maximum atomic E-state index is 12.7. The van der Waals surface area contributed by atoms with E-state index in [1.165, 1.54) is 0 Å². The number of allylic oxidation sites excluding steroid dienone is 1. The van der Waals surface area contributed by atoms with E-state index in [-0.39, 0.29) is 12.4 Å². The fourth-order valence-corrected chi connectivity index (χ4v) is 3.34. The molecule has 1 saturated heterocycles. The van der Waals surface area contributed by atoms with Gasteiger partial charge < -0.3 is 14.6 Å². The topological polar surface area (TPSA) is 72.8 Å². The Morgan fingerprint density at radius 1 is 1.18 bits per heavy atom. The predicted molar refractivity (Wildman–Crippen MR) is 105 cm³/mol. The second-order valence-electron chi connectivity index (χ2n) is 7.28. The van der Waals surface area contributed by atoms with Crippen LogP contribution in [-0.4, -0.2) is 30.1 Å². The number of aliphatic hydroxyl groups excluding tert-OH is 1. The molecule has 0 radical (unpaired) electrons. The van der Waals surface area contributed by atoms with E-state index in [1.807, 2.05) is 43.3 Å². The number of rotatable bonds is 8. The quantitative estimate of drug-likeness (QED) is 0.247. The average Bonchev–Trinajstić information content (AvgIpc) is 3.01. The molecule has 0 spiro atoms. The van der Waals surface area contributed by atoms with Gasteiger partial charge in [-0.2, -0.15) is 0 Å². The molecule has 1 unspecified atom stereocenters. The van der Waals surface area contributed by atoms with Crippen molar-refractivity contribution in [3.63, 3.8) is 0 Å². The molecule has 5 heteroatoms. The van der Waals surface area contributed by atoms with Crippen LogP contribution in [0.25, 0.3) is 5.76 Å². The smallest absolute Gasteiger partial charge is 0.317 e. The van der Waals surface area contributed by atoms with Gasteiger partial charge in [-0.3, -0.25) is 9.59 Å². The maximum absolute atomic E-state index is 12.7. The van der Waals surface area contributed by atoms with Crippen LogP contribution in [0.1, 0.15) is 24.5 Å². The van der Waals surface area contributed by atoms with Gasteiger partial charge in [0.15, 0.2) is 5.78 Å². The summed E-state index contributed by atoms with van der Waals surface area (Å²) in [6, 6.07) is 18.5. The number of ether oxygens (including phenoxy) is 2. The van der Waals surface area contributed by atoms with Crippen molar-refractivity contribution in [1.82, 2.24) is 0 Å². The molecule has 3 rings (SSSR count). The molecule has 0 aromatic heterocycles. The van der Waals surface area contributed by atoms with Crippen LogP contribution in [0.3, 0.4) is 0 Å². The van der Waals surface area contributed by atoms with Gasteiger partial charge in [-0.25, -0.2) is 0 Å². The van der Waals surface area contributed by atoms with Gasteiger partial charge in [-0.15, -0.1) is 0 Å². The lowest BCUT2D eigenvalue weighted by Crippen LogP contribution is -2.34. The first-order valence-corrected chi connectivity index (χ1v) is 9.28. The average molecular weight is 380 g/mol. The zero-order valence-electron chi connectivity index (χ0n) is 15.8. The maximum Gasteiger partial charge on any atom is 0.317 e. The molecule has 1 heterocycles. The van der Waals surface area contributed by atoms with Crippen molar-refractivity contribution in [2.75, 3.05) is 13.2 Å². The molecular weight excluding hydrogens is 356 g/mol. The molecular formula is C23H24O5. The second-order valence-corrected chi connectivity index (χ2v) is 7.28. The molecule has 1 aliphatic rings. The Hall–Kier alpha value is -2.92. The van der Waals surface area contributed by atoms with Crippen LogP contribution in [0.2, 0.25) is 0 Å². The van der Waals surface area contributed by atoms with Crippen molar-refractivity contribution in [3.05, 3.63) is 77.9 Å². The Bertz CT molecular complexity index is 844. The first-order valence-electron chi connectivity index (χ1n) is 9.28. The second kappa shape index (κ2) is 8.85. The number of aliphatic hydroxyl groups is 1. The van der Waals surface area contributed by atoms with E-state index >= 15 is 0 Å². The molecule has 1 fully saturated rings. The summed E-state index contributed by atoms with van der Waals surface area (Å²) in [5.74, 6) is -2.10. The van der Waals surface area contributed by atoms with Gasteiger partial charge in [0.25, 0.3) is 0 Å². The largest absolute Gasteiger partial charge is 0.507 e. The number of hydrogen-bond acceptors (Lipinski definition) is 5. The molecule has 0 aliphatic carbocycles. The summed E-state index contributed by atoms with van der Waals surface area (Å²) in [5, 5.41) is 10.2. The van der Waals surface area contributed by atoms with E-state index in [4.69, 9.17) is 9.47 Å². The highest BCUT2D eigenvalue weighted by Crippen LogP contribution is 2.39. The zero-order valence-corrected chi connectivity index (χ0v) is 15.8. The third-order valence-corrected chi connectivity index (χ3v) is 5.04. The highest BCUT2D eigenvalue weighted by molar-refractivity contribution is 6.09. The van der Waals surface area contributed by atoms with Crippen LogP contribution < -0.4 is 0 Å². The number of carbonyl (C=O) groups is 2. The van der Waals surface area contributed by atoms with Gasteiger partial charge in [-0.1, -0.05) is 67.6 Å². The van der Waals surface area contributed by atoms with E-state index in [9.17, 15) is 14.7 Å². The minimum absolute atomic E-state index is 0.159. The molecule has 146 valence electrons. The van der Waals surface area contributed by atoms with Gasteiger partial charge in [0.2, 0.25) is 0 Å². The lowest BCUT2D eigenvalue weighted by Gasteiger charge is -2.25. The summed E-state index contributed by atoms with van der Waals surface area (Å²) in [6.45, 7) is 2.88. The van der Waals surface area contributed by atoms with E-state index in [2.05, 4.69) is 0 Å². The number of carbonyl (C=O) groups excluding carboxylic acids is 2. The molecule has 5 nitrogen and oxygen atoms in total. The third kappa shape index (κ3) is 4.67. The van der Waals surface area contributed by atoms with Crippen LogP contribution in [0.5, 0.6) is 0 Å². The fourth-order valence-electron chi connectivity index (χ4n) is 3.34. The van der Waals surface area contributed by atoms with Gasteiger partial charge >= 0.3 is 5.97 Å². The van der Waals surface area contributed by atoms with Crippen LogP contribution in [0, 0.1) is 11.3 Å². The monoisotopic (exact) mass is 380 g/mol. The highest BCUT2D eigenvalue weighted by atomic mass is 16.5. The third-order valence-electron chi connectivity index (χ3n) is 5.04. The number of ketones is 1. The zero-order chi connectivity index (χ0) is 20.0. The lowest BCUT2D eigenvalue weighted by molar-refractivity contribution is -0.144. The van der Waals surface area contributed by atoms with Crippen molar-refractivity contribution in [3.8, 4) is 0 Å². The molecule has 1 aliphatic heterocycles. The number of benzene rings is 2. The van der Waals surface area contributed by atoms with Crippen molar-refractivity contribution in [2.24, 2.45) is 11.3 Å². The van der Waals surface area contributed by atoms with E-state index in [0.29, 0.717) is 25.2 Å². The Labute approximate surface area is 164 Å². The van der Waals surface area contributed by atoms with Crippen LogP contribution in [0.4, 0.5) is 0 Å². The number of hydrogen-bond donors (Lipinski definition) is 1. The number of cyclic esters (lactones) is 1. The summed E-state index contributed by atoms with van der Waals surface area (Å²) in [7, 11) is 0. The molecule has 0 saturated carbocycles. The molecule has 2 aromatic carbocycles. The van der Waals surface area contributed by atoms with Gasteiger partial charge in [0, 0.05) is 23.7 Å².